The molecule has 3 N–H and O–H groups in total. The van der Waals surface area contributed by atoms with E-state index in [2.05, 4.69) is 22.4 Å². The quantitative estimate of drug-likeness (QED) is 0.809. The van der Waals surface area contributed by atoms with Gasteiger partial charge in [0.15, 0.2) is 5.69 Å². The van der Waals surface area contributed by atoms with Gasteiger partial charge in [0.2, 0.25) is 0 Å². The van der Waals surface area contributed by atoms with Gasteiger partial charge in [-0.2, -0.15) is 0 Å². The molecule has 0 aromatic carbocycles. The SMILES string of the molecule is CC1CCCCC1NC(=O)c1ccc(N)nn1. The Hall–Kier alpha value is -1.65. The molecule has 2 atom stereocenters. The molecule has 1 amide bonds. The molecule has 0 saturated heterocycles. The molecule has 1 aliphatic carbocycles. The topological polar surface area (TPSA) is 80.9 Å². The van der Waals surface area contributed by atoms with E-state index in [0.717, 1.165) is 6.42 Å². The van der Waals surface area contributed by atoms with Crippen molar-refractivity contribution < 1.29 is 4.79 Å². The van der Waals surface area contributed by atoms with Gasteiger partial charge < -0.3 is 11.1 Å². The number of hydrogen-bond donors (Lipinski definition) is 2. The van der Waals surface area contributed by atoms with Crippen molar-refractivity contribution in [2.24, 2.45) is 5.92 Å². The maximum Gasteiger partial charge on any atom is 0.272 e. The van der Waals surface area contributed by atoms with Gasteiger partial charge in [-0.15, -0.1) is 10.2 Å². The molecule has 2 rings (SSSR count). The predicted molar refractivity (Wildman–Crippen MR) is 65.3 cm³/mol. The fraction of sp³-hybridized carbons (Fsp3) is 0.583. The Labute approximate surface area is 101 Å². The molecule has 2 unspecified atom stereocenters. The van der Waals surface area contributed by atoms with Gasteiger partial charge in [-0.1, -0.05) is 19.8 Å². The Morgan fingerprint density at radius 1 is 1.35 bits per heavy atom. The average Bonchev–Trinajstić information content (AvgIpc) is 2.33. The highest BCUT2D eigenvalue weighted by Crippen LogP contribution is 2.23. The number of amides is 1. The smallest absolute Gasteiger partial charge is 0.272 e. The van der Waals surface area contributed by atoms with Crippen LogP contribution in [0, 0.1) is 5.92 Å². The lowest BCUT2D eigenvalue weighted by Crippen LogP contribution is -2.41. The highest BCUT2D eigenvalue weighted by molar-refractivity contribution is 5.92. The zero-order valence-electron chi connectivity index (χ0n) is 10.0. The maximum atomic E-state index is 11.9. The number of nitrogens with two attached hydrogens (primary N) is 1. The zero-order chi connectivity index (χ0) is 12.3. The summed E-state index contributed by atoms with van der Waals surface area (Å²) in [6.45, 7) is 2.18. The lowest BCUT2D eigenvalue weighted by Gasteiger charge is -2.29. The minimum absolute atomic E-state index is 0.156. The highest BCUT2D eigenvalue weighted by Gasteiger charge is 2.23. The fourth-order valence-corrected chi connectivity index (χ4v) is 2.24. The maximum absolute atomic E-state index is 11.9. The van der Waals surface area contributed by atoms with Gasteiger partial charge >= 0.3 is 0 Å². The normalized spacial score (nSPS) is 24.3. The summed E-state index contributed by atoms with van der Waals surface area (Å²) in [5, 5.41) is 10.5. The first-order valence-electron chi connectivity index (χ1n) is 6.07. The first kappa shape index (κ1) is 11.8. The van der Waals surface area contributed by atoms with Crippen molar-refractivity contribution in [1.29, 1.82) is 0 Å². The van der Waals surface area contributed by atoms with Crippen molar-refractivity contribution in [3.8, 4) is 0 Å². The van der Waals surface area contributed by atoms with Crippen molar-refractivity contribution in [3.05, 3.63) is 17.8 Å². The summed E-state index contributed by atoms with van der Waals surface area (Å²) in [6.07, 6.45) is 4.67. The van der Waals surface area contributed by atoms with Gasteiger partial charge in [-0.05, 0) is 30.9 Å². The summed E-state index contributed by atoms with van der Waals surface area (Å²) in [7, 11) is 0. The van der Waals surface area contributed by atoms with E-state index in [1.807, 2.05) is 0 Å². The number of hydrogen-bond acceptors (Lipinski definition) is 4. The third-order valence-corrected chi connectivity index (χ3v) is 3.35. The van der Waals surface area contributed by atoms with Crippen LogP contribution in [0.5, 0.6) is 0 Å². The Bertz CT molecular complexity index is 390. The van der Waals surface area contributed by atoms with Crippen molar-refractivity contribution in [2.75, 3.05) is 5.73 Å². The molecule has 0 radical (unpaired) electrons. The Kier molecular flexibility index (Phi) is 3.56. The summed E-state index contributed by atoms with van der Waals surface area (Å²) in [4.78, 5) is 11.9. The number of nitrogens with zero attached hydrogens (tertiary/aromatic N) is 2. The van der Waals surface area contributed by atoms with Gasteiger partial charge in [0.25, 0.3) is 5.91 Å². The molecule has 5 nitrogen and oxygen atoms in total. The van der Waals surface area contributed by atoms with Crippen LogP contribution in [0.15, 0.2) is 12.1 Å². The van der Waals surface area contributed by atoms with E-state index in [4.69, 9.17) is 5.73 Å². The van der Waals surface area contributed by atoms with Crippen LogP contribution in [0.2, 0.25) is 0 Å². The molecule has 17 heavy (non-hydrogen) atoms. The van der Waals surface area contributed by atoms with Crippen LogP contribution >= 0.6 is 0 Å². The molecule has 1 aliphatic rings. The molecule has 1 aromatic rings. The molecule has 1 aromatic heterocycles. The minimum Gasteiger partial charge on any atom is -0.382 e. The predicted octanol–water partition coefficient (Wildman–Crippen LogP) is 1.37. The summed E-state index contributed by atoms with van der Waals surface area (Å²) in [6, 6.07) is 3.45. The largest absolute Gasteiger partial charge is 0.382 e. The van der Waals surface area contributed by atoms with E-state index in [9.17, 15) is 4.79 Å². The molecule has 0 aliphatic heterocycles. The summed E-state index contributed by atoms with van der Waals surface area (Å²) < 4.78 is 0. The number of rotatable bonds is 2. The van der Waals surface area contributed by atoms with E-state index in [-0.39, 0.29) is 11.9 Å². The second kappa shape index (κ2) is 5.12. The van der Waals surface area contributed by atoms with Crippen LogP contribution in [0.4, 0.5) is 5.82 Å². The van der Waals surface area contributed by atoms with Crippen LogP contribution in [0.1, 0.15) is 43.1 Å². The second-order valence-electron chi connectivity index (χ2n) is 4.69. The van der Waals surface area contributed by atoms with Crippen LogP contribution in [0.3, 0.4) is 0 Å². The number of nitrogen functional groups attached to an aromatic ring is 1. The number of carbonyl (C=O) groups is 1. The third kappa shape index (κ3) is 2.93. The lowest BCUT2D eigenvalue weighted by atomic mass is 9.86. The molecule has 0 spiro atoms. The van der Waals surface area contributed by atoms with Crippen molar-refractivity contribution in [2.45, 2.75) is 38.6 Å². The Morgan fingerprint density at radius 2 is 2.12 bits per heavy atom. The second-order valence-corrected chi connectivity index (χ2v) is 4.69. The van der Waals surface area contributed by atoms with Crippen LogP contribution in [-0.4, -0.2) is 22.1 Å². The fourth-order valence-electron chi connectivity index (χ4n) is 2.24. The van der Waals surface area contributed by atoms with Crippen molar-refractivity contribution >= 4 is 11.7 Å². The first-order valence-corrected chi connectivity index (χ1v) is 6.07. The molecule has 1 heterocycles. The molecule has 92 valence electrons. The van der Waals surface area contributed by atoms with Crippen molar-refractivity contribution in [3.63, 3.8) is 0 Å². The highest BCUT2D eigenvalue weighted by atomic mass is 16.2. The Balaban J connectivity index is 1.98. The minimum atomic E-state index is -0.156. The number of nitrogens with one attached hydrogen (secondary N) is 1. The van der Waals surface area contributed by atoms with Crippen LogP contribution in [0.25, 0.3) is 0 Å². The summed E-state index contributed by atoms with van der Waals surface area (Å²) in [5.41, 5.74) is 5.76. The van der Waals surface area contributed by atoms with E-state index in [1.54, 1.807) is 12.1 Å². The van der Waals surface area contributed by atoms with E-state index in [1.165, 1.54) is 19.3 Å². The number of carbonyl (C=O) groups excluding carboxylic acids is 1. The van der Waals surface area contributed by atoms with Gasteiger partial charge in [0, 0.05) is 6.04 Å². The molecule has 1 fully saturated rings. The van der Waals surface area contributed by atoms with Gasteiger partial charge in [-0.3, -0.25) is 4.79 Å². The van der Waals surface area contributed by atoms with Crippen LogP contribution in [-0.2, 0) is 0 Å². The summed E-state index contributed by atoms with van der Waals surface area (Å²) in [5.74, 6) is 0.707. The zero-order valence-corrected chi connectivity index (χ0v) is 10.0. The van der Waals surface area contributed by atoms with Crippen LogP contribution < -0.4 is 11.1 Å². The van der Waals surface area contributed by atoms with E-state index in [0.29, 0.717) is 17.4 Å². The molecular formula is C12H18N4O. The van der Waals surface area contributed by atoms with Gasteiger partial charge in [0.1, 0.15) is 5.82 Å². The van der Waals surface area contributed by atoms with Gasteiger partial charge in [0.05, 0.1) is 0 Å². The van der Waals surface area contributed by atoms with Crippen molar-refractivity contribution in [1.82, 2.24) is 15.5 Å². The molecule has 1 saturated carbocycles. The van der Waals surface area contributed by atoms with E-state index < -0.39 is 0 Å². The molecular weight excluding hydrogens is 216 g/mol. The third-order valence-electron chi connectivity index (χ3n) is 3.35. The number of aromatic nitrogens is 2. The molecule has 5 heteroatoms. The standard InChI is InChI=1S/C12H18N4O/c1-8-4-2-3-5-9(8)14-12(17)10-6-7-11(13)16-15-10/h6-9H,2-5H2,1H3,(H2,13,16)(H,14,17). The monoisotopic (exact) mass is 234 g/mol. The van der Waals surface area contributed by atoms with E-state index >= 15 is 0 Å². The lowest BCUT2D eigenvalue weighted by molar-refractivity contribution is 0.0904. The molecule has 0 bridgehead atoms. The Morgan fingerprint density at radius 3 is 2.76 bits per heavy atom. The summed E-state index contributed by atoms with van der Waals surface area (Å²) >= 11 is 0. The number of anilines is 1. The average molecular weight is 234 g/mol. The first-order chi connectivity index (χ1) is 8.16. The van der Waals surface area contributed by atoms with Gasteiger partial charge in [-0.25, -0.2) is 0 Å².